The van der Waals surface area contributed by atoms with Gasteiger partial charge in [-0.25, -0.2) is 18.5 Å². The molecule has 0 radical (unpaired) electrons. The first-order chi connectivity index (χ1) is 12.4. The second-order valence-corrected chi connectivity index (χ2v) is 9.02. The molecule has 2 aromatic rings. The Labute approximate surface area is 153 Å². The number of aromatic nitrogens is 1. The minimum Gasteiger partial charge on any atom is -0.228 e. The van der Waals surface area contributed by atoms with Gasteiger partial charge in [0.15, 0.2) is 0 Å². The van der Waals surface area contributed by atoms with Crippen molar-refractivity contribution in [1.82, 2.24) is 4.98 Å². The molecule has 0 aliphatic heterocycles. The number of hydrogen-bond donors (Lipinski definition) is 1. The van der Waals surface area contributed by atoms with Gasteiger partial charge in [-0.1, -0.05) is 25.0 Å². The standard InChI is InChI=1S/C20H21FN2O2S/c21-19-8-5-15(13-23-19)18-12-20(9-1-2-10-20)11-17(18)14-3-6-16(7-4-14)26(22,24)25/h3-8,13H,1-2,9-12H2,(H2,22,24,25). The lowest BCUT2D eigenvalue weighted by Gasteiger charge is -2.23. The number of benzene rings is 1. The second-order valence-electron chi connectivity index (χ2n) is 7.46. The van der Waals surface area contributed by atoms with Crippen LogP contribution in [0.2, 0.25) is 0 Å². The van der Waals surface area contributed by atoms with Crippen molar-refractivity contribution in [1.29, 1.82) is 0 Å². The van der Waals surface area contributed by atoms with E-state index in [-0.39, 0.29) is 10.3 Å². The largest absolute Gasteiger partial charge is 0.238 e. The summed E-state index contributed by atoms with van der Waals surface area (Å²) in [4.78, 5) is 3.93. The number of halogens is 1. The van der Waals surface area contributed by atoms with Crippen LogP contribution in [0.3, 0.4) is 0 Å². The van der Waals surface area contributed by atoms with Crippen LogP contribution >= 0.6 is 0 Å². The minimum atomic E-state index is -3.70. The number of rotatable bonds is 3. The monoisotopic (exact) mass is 372 g/mol. The van der Waals surface area contributed by atoms with Gasteiger partial charge < -0.3 is 0 Å². The molecule has 136 valence electrons. The van der Waals surface area contributed by atoms with Crippen molar-refractivity contribution in [2.45, 2.75) is 43.4 Å². The lowest BCUT2D eigenvalue weighted by Crippen LogP contribution is -2.12. The van der Waals surface area contributed by atoms with E-state index >= 15 is 0 Å². The topological polar surface area (TPSA) is 73.1 Å². The number of sulfonamides is 1. The molecule has 1 spiro atoms. The van der Waals surface area contributed by atoms with E-state index in [2.05, 4.69) is 4.98 Å². The maximum atomic E-state index is 13.2. The normalized spacial score (nSPS) is 19.5. The quantitative estimate of drug-likeness (QED) is 0.823. The highest BCUT2D eigenvalue weighted by atomic mass is 32.2. The van der Waals surface area contributed by atoms with E-state index < -0.39 is 16.0 Å². The highest BCUT2D eigenvalue weighted by Crippen LogP contribution is 2.57. The van der Waals surface area contributed by atoms with Crippen LogP contribution < -0.4 is 5.14 Å². The molecule has 2 aliphatic carbocycles. The molecule has 0 unspecified atom stereocenters. The van der Waals surface area contributed by atoms with Crippen LogP contribution in [0.25, 0.3) is 11.1 Å². The molecule has 0 saturated heterocycles. The molecule has 1 saturated carbocycles. The van der Waals surface area contributed by atoms with E-state index in [0.29, 0.717) is 0 Å². The summed E-state index contributed by atoms with van der Waals surface area (Å²) in [5, 5.41) is 5.20. The predicted octanol–water partition coefficient (Wildman–Crippen LogP) is 4.13. The van der Waals surface area contributed by atoms with Gasteiger partial charge in [-0.15, -0.1) is 0 Å². The number of primary sulfonamides is 1. The van der Waals surface area contributed by atoms with Crippen LogP contribution in [-0.4, -0.2) is 13.4 Å². The van der Waals surface area contributed by atoms with Crippen molar-refractivity contribution < 1.29 is 12.8 Å². The van der Waals surface area contributed by atoms with Crippen LogP contribution in [-0.2, 0) is 10.0 Å². The Kier molecular flexibility index (Phi) is 4.20. The SMILES string of the molecule is NS(=O)(=O)c1ccc(C2=C(c3ccc(F)nc3)CC3(CCCC3)C2)cc1. The summed E-state index contributed by atoms with van der Waals surface area (Å²) in [5.41, 5.74) is 4.63. The van der Waals surface area contributed by atoms with E-state index in [4.69, 9.17) is 5.14 Å². The lowest BCUT2D eigenvalue weighted by molar-refractivity contribution is 0.330. The smallest absolute Gasteiger partial charge is 0.228 e. The van der Waals surface area contributed by atoms with Gasteiger partial charge in [0.05, 0.1) is 4.90 Å². The Morgan fingerprint density at radius 1 is 0.923 bits per heavy atom. The van der Waals surface area contributed by atoms with Gasteiger partial charge in [0.1, 0.15) is 0 Å². The van der Waals surface area contributed by atoms with Crippen LogP contribution in [0.4, 0.5) is 4.39 Å². The molecule has 1 aromatic heterocycles. The van der Waals surface area contributed by atoms with E-state index in [1.54, 1.807) is 24.4 Å². The molecular weight excluding hydrogens is 351 g/mol. The first kappa shape index (κ1) is 17.4. The molecule has 0 atom stereocenters. The summed E-state index contributed by atoms with van der Waals surface area (Å²) in [5.74, 6) is -0.484. The first-order valence-corrected chi connectivity index (χ1v) is 10.4. The molecule has 1 aromatic carbocycles. The van der Waals surface area contributed by atoms with Gasteiger partial charge in [0, 0.05) is 6.20 Å². The summed E-state index contributed by atoms with van der Waals surface area (Å²) in [6.45, 7) is 0. The fourth-order valence-corrected chi connectivity index (χ4v) is 4.97. The van der Waals surface area contributed by atoms with Crippen molar-refractivity contribution >= 4 is 21.2 Å². The van der Waals surface area contributed by atoms with E-state index in [9.17, 15) is 12.8 Å². The lowest BCUT2D eigenvalue weighted by atomic mass is 9.81. The summed E-state index contributed by atoms with van der Waals surface area (Å²) in [6, 6.07) is 9.92. The molecule has 4 nitrogen and oxygen atoms in total. The number of nitrogens with zero attached hydrogens (tertiary/aromatic N) is 1. The summed E-state index contributed by atoms with van der Waals surface area (Å²) < 4.78 is 36.3. The maximum absolute atomic E-state index is 13.2. The average molecular weight is 372 g/mol. The third-order valence-corrected chi connectivity index (χ3v) is 6.67. The molecule has 0 amide bonds. The van der Waals surface area contributed by atoms with Crippen LogP contribution in [0.1, 0.15) is 49.7 Å². The van der Waals surface area contributed by atoms with E-state index in [1.165, 1.54) is 42.9 Å². The molecule has 0 bridgehead atoms. The Morgan fingerprint density at radius 3 is 2.04 bits per heavy atom. The Morgan fingerprint density at radius 2 is 1.50 bits per heavy atom. The molecular formula is C20H21FN2O2S. The molecule has 2 N–H and O–H groups in total. The van der Waals surface area contributed by atoms with E-state index in [1.807, 2.05) is 12.1 Å². The third kappa shape index (κ3) is 3.19. The van der Waals surface area contributed by atoms with Gasteiger partial charge in [0.25, 0.3) is 0 Å². The fourth-order valence-electron chi connectivity index (χ4n) is 4.46. The molecule has 2 aliphatic rings. The van der Waals surface area contributed by atoms with Crippen LogP contribution in [0.15, 0.2) is 47.5 Å². The van der Waals surface area contributed by atoms with Crippen LogP contribution in [0.5, 0.6) is 0 Å². The third-order valence-electron chi connectivity index (χ3n) is 5.74. The summed E-state index contributed by atoms with van der Waals surface area (Å²) in [6.07, 6.45) is 8.41. The van der Waals surface area contributed by atoms with Gasteiger partial charge in [-0.05, 0) is 77.6 Å². The molecule has 1 heterocycles. The Balaban J connectivity index is 1.78. The van der Waals surface area contributed by atoms with E-state index in [0.717, 1.165) is 24.0 Å². The number of hydrogen-bond acceptors (Lipinski definition) is 3. The first-order valence-electron chi connectivity index (χ1n) is 8.84. The van der Waals surface area contributed by atoms with Crippen LogP contribution in [0, 0.1) is 11.4 Å². The zero-order chi connectivity index (χ0) is 18.4. The average Bonchev–Trinajstić information content (AvgIpc) is 3.22. The van der Waals surface area contributed by atoms with Crippen molar-refractivity contribution in [3.05, 3.63) is 59.7 Å². The molecule has 1 fully saturated rings. The highest BCUT2D eigenvalue weighted by molar-refractivity contribution is 7.89. The number of allylic oxidation sites excluding steroid dienone is 2. The molecule has 6 heteroatoms. The predicted molar refractivity (Wildman–Crippen MR) is 99.0 cm³/mol. The summed E-state index contributed by atoms with van der Waals surface area (Å²) >= 11 is 0. The van der Waals surface area contributed by atoms with Gasteiger partial charge in [0.2, 0.25) is 16.0 Å². The van der Waals surface area contributed by atoms with Gasteiger partial charge >= 0.3 is 0 Å². The van der Waals surface area contributed by atoms with Crippen molar-refractivity contribution in [3.63, 3.8) is 0 Å². The minimum absolute atomic E-state index is 0.112. The Bertz CT molecular complexity index is 958. The maximum Gasteiger partial charge on any atom is 0.238 e. The second kappa shape index (κ2) is 6.28. The number of nitrogens with two attached hydrogens (primary N) is 1. The highest BCUT2D eigenvalue weighted by Gasteiger charge is 2.41. The van der Waals surface area contributed by atoms with Crippen molar-refractivity contribution in [2.75, 3.05) is 0 Å². The van der Waals surface area contributed by atoms with Gasteiger partial charge in [-0.3, -0.25) is 0 Å². The van der Waals surface area contributed by atoms with Crippen molar-refractivity contribution in [2.24, 2.45) is 10.6 Å². The zero-order valence-electron chi connectivity index (χ0n) is 14.4. The fraction of sp³-hybridized carbons (Fsp3) is 0.350. The molecule has 4 rings (SSSR count). The zero-order valence-corrected chi connectivity index (χ0v) is 15.2. The van der Waals surface area contributed by atoms with Gasteiger partial charge in [-0.2, -0.15) is 4.39 Å². The summed E-state index contributed by atoms with van der Waals surface area (Å²) in [7, 11) is -3.70. The Hall–Kier alpha value is -2.05. The van der Waals surface area contributed by atoms with Crippen molar-refractivity contribution in [3.8, 4) is 0 Å². The molecule has 26 heavy (non-hydrogen) atoms. The number of pyridine rings is 1.